The third kappa shape index (κ3) is 6.96. The molecule has 0 spiro atoms. The van der Waals surface area contributed by atoms with Crippen LogP contribution in [0.2, 0.25) is 0 Å². The van der Waals surface area contributed by atoms with E-state index in [0.29, 0.717) is 16.1 Å². The van der Waals surface area contributed by atoms with Gasteiger partial charge in [0.15, 0.2) is 5.11 Å². The van der Waals surface area contributed by atoms with E-state index in [-0.39, 0.29) is 11.7 Å². The smallest absolute Gasteiger partial charge is 0.341 e. The van der Waals surface area contributed by atoms with Crippen molar-refractivity contribution in [2.24, 2.45) is 0 Å². The van der Waals surface area contributed by atoms with Gasteiger partial charge in [0.1, 0.15) is 11.2 Å². The topological polar surface area (TPSA) is 79.5 Å². The number of thiophene rings is 1. The number of fused-ring (bicyclic) bond motifs is 1. The van der Waals surface area contributed by atoms with E-state index < -0.39 is 21.8 Å². The van der Waals surface area contributed by atoms with Gasteiger partial charge in [-0.1, -0.05) is 50.7 Å². The first-order valence-corrected chi connectivity index (χ1v) is 13.3. The molecule has 12 heteroatoms. The second-order valence-corrected chi connectivity index (χ2v) is 12.0. The number of esters is 1. The molecule has 1 aliphatic carbocycles. The van der Waals surface area contributed by atoms with E-state index in [9.17, 15) is 9.59 Å². The molecular weight excluding hydrogens is 593 g/mol. The van der Waals surface area contributed by atoms with Gasteiger partial charge in [-0.15, -0.1) is 11.3 Å². The second-order valence-electron chi connectivity index (χ2n) is 7.19. The third-order valence-corrected chi connectivity index (χ3v) is 7.47. The molecule has 1 amide bonds. The van der Waals surface area contributed by atoms with E-state index in [1.807, 2.05) is 0 Å². The Balaban J connectivity index is 1.77. The zero-order valence-electron chi connectivity index (χ0n) is 17.5. The van der Waals surface area contributed by atoms with E-state index in [2.05, 4.69) is 31.9 Å². The van der Waals surface area contributed by atoms with E-state index >= 15 is 0 Å². The fourth-order valence-electron chi connectivity index (χ4n) is 3.36. The first-order chi connectivity index (χ1) is 15.6. The molecule has 0 aliphatic heterocycles. The van der Waals surface area contributed by atoms with Crippen molar-refractivity contribution in [3.05, 3.63) is 50.3 Å². The molecule has 0 unspecified atom stereocenters. The van der Waals surface area contributed by atoms with Crippen LogP contribution in [0.3, 0.4) is 0 Å². The number of thiocarbonyl (C=S) groups is 1. The van der Waals surface area contributed by atoms with E-state index in [4.69, 9.17) is 51.8 Å². The fraction of sp³-hybridized carbons (Fsp3) is 0.381. The van der Waals surface area contributed by atoms with Gasteiger partial charge in [-0.2, -0.15) is 0 Å². The molecule has 3 N–H and O–H groups in total. The van der Waals surface area contributed by atoms with Crippen LogP contribution in [0.5, 0.6) is 0 Å². The van der Waals surface area contributed by atoms with E-state index in [1.165, 1.54) is 11.3 Å². The largest absolute Gasteiger partial charge is 0.462 e. The van der Waals surface area contributed by atoms with Crippen molar-refractivity contribution in [2.75, 3.05) is 11.9 Å². The lowest BCUT2D eigenvalue weighted by atomic mass is 9.95. The number of amides is 1. The number of nitrogens with one attached hydrogen (secondary N) is 3. The maximum atomic E-state index is 12.6. The molecule has 1 aromatic carbocycles. The summed E-state index contributed by atoms with van der Waals surface area (Å²) in [4.78, 5) is 26.4. The van der Waals surface area contributed by atoms with Crippen LogP contribution in [0.4, 0.5) is 5.00 Å². The summed E-state index contributed by atoms with van der Waals surface area (Å²) in [6.07, 6.45) is 2.64. The lowest BCUT2D eigenvalue weighted by Gasteiger charge is -2.27. The highest BCUT2D eigenvalue weighted by molar-refractivity contribution is 9.10. The van der Waals surface area contributed by atoms with Crippen LogP contribution in [0.1, 0.15) is 50.9 Å². The summed E-state index contributed by atoms with van der Waals surface area (Å²) >= 11 is 28.5. The Kier molecular flexibility index (Phi) is 9.28. The standard InChI is InChI=1S/C21H21BrCl3N3O3S2/c1-2-31-18(30)15-13-5-3-4-6-14(13)33-17(15)27-20(32)28-19(21(23,24)25)26-16(29)11-7-9-12(22)10-8-11/h7-10,19H,2-6H2,1H3,(H,26,29)(H2,27,28,32)/t19-/m0/s1. The number of aryl methyl sites for hydroxylation is 1. The third-order valence-electron chi connectivity index (χ3n) is 4.86. The predicted molar refractivity (Wildman–Crippen MR) is 142 cm³/mol. The molecular formula is C21H21BrCl3N3O3S2. The second kappa shape index (κ2) is 11.6. The van der Waals surface area contributed by atoms with Gasteiger partial charge in [-0.3, -0.25) is 4.79 Å². The van der Waals surface area contributed by atoms with Crippen molar-refractivity contribution in [3.8, 4) is 0 Å². The molecule has 1 heterocycles. The van der Waals surface area contributed by atoms with Crippen molar-refractivity contribution in [2.45, 2.75) is 42.6 Å². The van der Waals surface area contributed by atoms with Crippen molar-refractivity contribution < 1.29 is 14.3 Å². The molecule has 3 rings (SSSR count). The van der Waals surface area contributed by atoms with Gasteiger partial charge in [0.05, 0.1) is 12.2 Å². The fourth-order valence-corrected chi connectivity index (χ4v) is 5.52. The molecule has 33 heavy (non-hydrogen) atoms. The van der Waals surface area contributed by atoms with Crippen LogP contribution in [0, 0.1) is 0 Å². The summed E-state index contributed by atoms with van der Waals surface area (Å²) in [6.45, 7) is 2.03. The van der Waals surface area contributed by atoms with Gasteiger partial charge < -0.3 is 20.7 Å². The molecule has 1 aliphatic rings. The number of carbonyl (C=O) groups is 2. The number of rotatable bonds is 6. The summed E-state index contributed by atoms with van der Waals surface area (Å²) < 4.78 is 4.18. The van der Waals surface area contributed by atoms with Gasteiger partial charge >= 0.3 is 5.97 Å². The van der Waals surface area contributed by atoms with Crippen LogP contribution >= 0.6 is 74.3 Å². The zero-order chi connectivity index (χ0) is 24.2. The van der Waals surface area contributed by atoms with Crippen LogP contribution < -0.4 is 16.0 Å². The van der Waals surface area contributed by atoms with Crippen LogP contribution in [0.25, 0.3) is 0 Å². The first-order valence-electron chi connectivity index (χ1n) is 10.1. The Labute approximate surface area is 224 Å². The van der Waals surface area contributed by atoms with Crippen LogP contribution in [-0.4, -0.2) is 33.6 Å². The Bertz CT molecular complexity index is 1040. The maximum absolute atomic E-state index is 12.6. The number of halogens is 4. The van der Waals surface area contributed by atoms with Gasteiger partial charge in [0.2, 0.25) is 3.79 Å². The van der Waals surface area contributed by atoms with Crippen molar-refractivity contribution in [1.82, 2.24) is 10.6 Å². The molecule has 178 valence electrons. The molecule has 0 bridgehead atoms. The number of carbonyl (C=O) groups excluding carboxylic acids is 2. The van der Waals surface area contributed by atoms with E-state index in [0.717, 1.165) is 40.6 Å². The quantitative estimate of drug-likeness (QED) is 0.161. The summed E-state index contributed by atoms with van der Waals surface area (Å²) in [5.74, 6) is -0.850. The van der Waals surface area contributed by atoms with Crippen molar-refractivity contribution in [3.63, 3.8) is 0 Å². The maximum Gasteiger partial charge on any atom is 0.341 e. The lowest BCUT2D eigenvalue weighted by Crippen LogP contribution is -2.56. The highest BCUT2D eigenvalue weighted by Gasteiger charge is 2.35. The number of anilines is 1. The summed E-state index contributed by atoms with van der Waals surface area (Å²) in [5.41, 5.74) is 1.87. The molecule has 2 aromatic rings. The van der Waals surface area contributed by atoms with Gasteiger partial charge in [0.25, 0.3) is 5.91 Å². The van der Waals surface area contributed by atoms with Gasteiger partial charge in [-0.25, -0.2) is 4.79 Å². The summed E-state index contributed by atoms with van der Waals surface area (Å²) in [5, 5.41) is 9.17. The SMILES string of the molecule is CCOC(=O)c1c(NC(=S)N[C@H](NC(=O)c2ccc(Br)cc2)C(Cl)(Cl)Cl)sc2c1CCCC2. The number of alkyl halides is 3. The molecule has 1 aromatic heterocycles. The minimum Gasteiger partial charge on any atom is -0.462 e. The minimum absolute atomic E-state index is 0.0894. The summed E-state index contributed by atoms with van der Waals surface area (Å²) in [7, 11) is 0. The average molecular weight is 614 g/mol. The Morgan fingerprint density at radius 3 is 2.48 bits per heavy atom. The number of benzene rings is 1. The normalized spacial score (nSPS) is 14.1. The van der Waals surface area contributed by atoms with Gasteiger partial charge in [-0.05, 0) is 74.7 Å². The Morgan fingerprint density at radius 1 is 1.18 bits per heavy atom. The zero-order valence-corrected chi connectivity index (χ0v) is 23.0. The molecule has 0 radical (unpaired) electrons. The minimum atomic E-state index is -1.91. The van der Waals surface area contributed by atoms with Crippen molar-refractivity contribution in [1.29, 1.82) is 0 Å². The van der Waals surface area contributed by atoms with Crippen LogP contribution in [-0.2, 0) is 17.6 Å². The number of ether oxygens (including phenoxy) is 1. The average Bonchev–Trinajstić information content (AvgIpc) is 3.10. The number of hydrogen-bond donors (Lipinski definition) is 3. The lowest BCUT2D eigenvalue weighted by molar-refractivity contribution is 0.0526. The molecule has 0 saturated carbocycles. The highest BCUT2D eigenvalue weighted by Crippen LogP contribution is 2.38. The van der Waals surface area contributed by atoms with Crippen LogP contribution in [0.15, 0.2) is 28.7 Å². The first kappa shape index (κ1) is 26.5. The molecule has 0 fully saturated rings. The van der Waals surface area contributed by atoms with E-state index in [1.54, 1.807) is 31.2 Å². The Morgan fingerprint density at radius 2 is 1.85 bits per heavy atom. The monoisotopic (exact) mass is 611 g/mol. The molecule has 1 atom stereocenters. The number of hydrogen-bond acceptors (Lipinski definition) is 5. The Hall–Kier alpha value is -1.10. The molecule has 6 nitrogen and oxygen atoms in total. The molecule has 0 saturated heterocycles. The van der Waals surface area contributed by atoms with Crippen molar-refractivity contribution >= 4 is 96.3 Å². The highest BCUT2D eigenvalue weighted by atomic mass is 79.9. The van der Waals surface area contributed by atoms with Gasteiger partial charge in [0, 0.05) is 14.9 Å². The predicted octanol–water partition coefficient (Wildman–Crippen LogP) is 5.98. The summed E-state index contributed by atoms with van der Waals surface area (Å²) in [6, 6.07) is 6.73.